The SMILES string of the molecule is O=S(=O)(Cc1ccc(C(F)(F)F)cc1)N1CC2CC1CS2. The molecular weight excluding hydrogens is 323 g/mol. The maximum Gasteiger partial charge on any atom is 0.416 e. The zero-order valence-corrected chi connectivity index (χ0v) is 12.6. The molecule has 2 saturated heterocycles. The molecule has 2 atom stereocenters. The Hall–Kier alpha value is -0.730. The average molecular weight is 337 g/mol. The fraction of sp³-hybridized carbons (Fsp3) is 0.538. The first-order chi connectivity index (χ1) is 9.75. The zero-order valence-electron chi connectivity index (χ0n) is 11.0. The van der Waals surface area contributed by atoms with Crippen molar-refractivity contribution < 1.29 is 21.6 Å². The molecule has 0 amide bonds. The van der Waals surface area contributed by atoms with E-state index in [1.807, 2.05) is 0 Å². The molecule has 0 aliphatic carbocycles. The smallest absolute Gasteiger partial charge is 0.212 e. The summed E-state index contributed by atoms with van der Waals surface area (Å²) in [4.78, 5) is 0. The minimum absolute atomic E-state index is 0.0550. The van der Waals surface area contributed by atoms with Crippen LogP contribution in [0.5, 0.6) is 0 Å². The third-order valence-electron chi connectivity index (χ3n) is 3.84. The summed E-state index contributed by atoms with van der Waals surface area (Å²) in [5.41, 5.74) is -0.376. The Kier molecular flexibility index (Phi) is 3.74. The molecule has 1 aromatic carbocycles. The van der Waals surface area contributed by atoms with Crippen LogP contribution in [-0.4, -0.2) is 36.3 Å². The number of hydrogen-bond donors (Lipinski definition) is 0. The van der Waals surface area contributed by atoms with Crippen molar-refractivity contribution in [2.24, 2.45) is 0 Å². The molecular formula is C13H14F3NO2S2. The number of hydrogen-bond acceptors (Lipinski definition) is 3. The van der Waals surface area contributed by atoms with Gasteiger partial charge in [0.15, 0.2) is 0 Å². The second-order valence-corrected chi connectivity index (χ2v) is 8.62. The van der Waals surface area contributed by atoms with Crippen LogP contribution in [0.3, 0.4) is 0 Å². The van der Waals surface area contributed by atoms with E-state index in [4.69, 9.17) is 0 Å². The number of thioether (sulfide) groups is 1. The Morgan fingerprint density at radius 2 is 1.90 bits per heavy atom. The van der Waals surface area contributed by atoms with Crippen LogP contribution in [0.2, 0.25) is 0 Å². The van der Waals surface area contributed by atoms with E-state index in [-0.39, 0.29) is 11.8 Å². The van der Waals surface area contributed by atoms with Gasteiger partial charge in [-0.05, 0) is 24.1 Å². The summed E-state index contributed by atoms with van der Waals surface area (Å²) in [6, 6.07) is 4.39. The van der Waals surface area contributed by atoms with Crippen LogP contribution in [0.25, 0.3) is 0 Å². The standard InChI is InChI=1S/C13H14F3NO2S2/c14-13(15,16)10-3-1-9(2-4-10)8-21(18,19)17-6-12-5-11(17)7-20-12/h1-4,11-12H,5-8H2. The van der Waals surface area contributed by atoms with Gasteiger partial charge in [0.1, 0.15) is 0 Å². The van der Waals surface area contributed by atoms with Gasteiger partial charge in [-0.25, -0.2) is 8.42 Å². The van der Waals surface area contributed by atoms with Crippen molar-refractivity contribution in [2.45, 2.75) is 29.6 Å². The van der Waals surface area contributed by atoms with Crippen LogP contribution < -0.4 is 0 Å². The molecule has 3 nitrogen and oxygen atoms in total. The number of benzene rings is 1. The minimum Gasteiger partial charge on any atom is -0.212 e. The van der Waals surface area contributed by atoms with E-state index in [2.05, 4.69) is 0 Å². The normalized spacial score (nSPS) is 26.4. The van der Waals surface area contributed by atoms with E-state index in [9.17, 15) is 21.6 Å². The van der Waals surface area contributed by atoms with Crippen molar-refractivity contribution >= 4 is 21.8 Å². The molecule has 0 N–H and O–H groups in total. The molecule has 0 saturated carbocycles. The highest BCUT2D eigenvalue weighted by Gasteiger charge is 2.44. The van der Waals surface area contributed by atoms with Gasteiger partial charge < -0.3 is 0 Å². The highest BCUT2D eigenvalue weighted by Crippen LogP contribution is 2.39. The Morgan fingerprint density at radius 3 is 2.38 bits per heavy atom. The van der Waals surface area contributed by atoms with Crippen molar-refractivity contribution in [1.29, 1.82) is 0 Å². The Balaban J connectivity index is 1.74. The first-order valence-corrected chi connectivity index (χ1v) is 9.19. The number of sulfonamides is 1. The van der Waals surface area contributed by atoms with Crippen molar-refractivity contribution in [3.05, 3.63) is 35.4 Å². The van der Waals surface area contributed by atoms with Crippen molar-refractivity contribution in [3.63, 3.8) is 0 Å². The van der Waals surface area contributed by atoms with Crippen molar-refractivity contribution in [3.8, 4) is 0 Å². The second-order valence-electron chi connectivity index (χ2n) is 5.37. The van der Waals surface area contributed by atoms with Gasteiger partial charge in [-0.2, -0.15) is 29.2 Å². The lowest BCUT2D eigenvalue weighted by atomic mass is 10.1. The van der Waals surface area contributed by atoms with E-state index in [0.717, 1.165) is 24.3 Å². The van der Waals surface area contributed by atoms with Gasteiger partial charge in [-0.3, -0.25) is 0 Å². The molecule has 0 spiro atoms. The fourth-order valence-corrected chi connectivity index (χ4v) is 6.21. The largest absolute Gasteiger partial charge is 0.416 e. The second kappa shape index (κ2) is 5.17. The fourth-order valence-electron chi connectivity index (χ4n) is 2.79. The maximum absolute atomic E-state index is 12.5. The molecule has 2 aliphatic heterocycles. The van der Waals surface area contributed by atoms with Crippen LogP contribution >= 0.6 is 11.8 Å². The van der Waals surface area contributed by atoms with Crippen LogP contribution in [0.15, 0.2) is 24.3 Å². The molecule has 8 heteroatoms. The molecule has 116 valence electrons. The summed E-state index contributed by atoms with van der Waals surface area (Å²) in [5.74, 6) is 0.579. The molecule has 2 unspecified atom stereocenters. The van der Waals surface area contributed by atoms with E-state index in [1.165, 1.54) is 16.4 Å². The molecule has 1 aromatic rings. The molecule has 2 bridgehead atoms. The van der Waals surface area contributed by atoms with Crippen LogP contribution in [0, 0.1) is 0 Å². The van der Waals surface area contributed by atoms with E-state index < -0.39 is 21.8 Å². The van der Waals surface area contributed by atoms with Gasteiger partial charge in [0.05, 0.1) is 11.3 Å². The summed E-state index contributed by atoms with van der Waals surface area (Å²) in [6.45, 7) is 0.526. The highest BCUT2D eigenvalue weighted by molar-refractivity contribution is 8.00. The summed E-state index contributed by atoms with van der Waals surface area (Å²) in [6.07, 6.45) is -3.51. The minimum atomic E-state index is -4.40. The summed E-state index contributed by atoms with van der Waals surface area (Å²) in [7, 11) is -3.45. The van der Waals surface area contributed by atoms with E-state index in [0.29, 0.717) is 17.4 Å². The maximum atomic E-state index is 12.5. The molecule has 21 heavy (non-hydrogen) atoms. The zero-order chi connectivity index (χ0) is 15.3. The molecule has 3 rings (SSSR count). The first-order valence-electron chi connectivity index (χ1n) is 6.53. The molecule has 2 fully saturated rings. The van der Waals surface area contributed by atoms with Gasteiger partial charge in [-0.15, -0.1) is 0 Å². The van der Waals surface area contributed by atoms with Gasteiger partial charge in [-0.1, -0.05) is 12.1 Å². The topological polar surface area (TPSA) is 37.4 Å². The summed E-state index contributed by atoms with van der Waals surface area (Å²) in [5, 5.41) is 0.373. The number of rotatable bonds is 3. The van der Waals surface area contributed by atoms with Gasteiger partial charge >= 0.3 is 6.18 Å². The molecule has 0 radical (unpaired) electrons. The monoisotopic (exact) mass is 337 g/mol. The lowest BCUT2D eigenvalue weighted by Crippen LogP contribution is -2.39. The lowest BCUT2D eigenvalue weighted by Gasteiger charge is -2.25. The Labute approximate surface area is 125 Å². The predicted octanol–water partition coefficient (Wildman–Crippen LogP) is 2.72. The third kappa shape index (κ3) is 3.07. The number of alkyl halides is 3. The number of halogens is 3. The van der Waals surface area contributed by atoms with Crippen LogP contribution in [0.1, 0.15) is 17.5 Å². The molecule has 2 aliphatic rings. The average Bonchev–Trinajstić information content (AvgIpc) is 3.00. The molecule has 2 heterocycles. The van der Waals surface area contributed by atoms with Crippen LogP contribution in [0.4, 0.5) is 13.2 Å². The Morgan fingerprint density at radius 1 is 1.24 bits per heavy atom. The molecule has 0 aromatic heterocycles. The van der Waals surface area contributed by atoms with Gasteiger partial charge in [0, 0.05) is 23.6 Å². The van der Waals surface area contributed by atoms with Gasteiger partial charge in [0.2, 0.25) is 10.0 Å². The summed E-state index contributed by atoms with van der Waals surface area (Å²) >= 11 is 1.79. The highest BCUT2D eigenvalue weighted by atomic mass is 32.2. The van der Waals surface area contributed by atoms with Gasteiger partial charge in [0.25, 0.3) is 0 Å². The summed E-state index contributed by atoms with van der Waals surface area (Å²) < 4.78 is 63.7. The Bertz CT molecular complexity index is 628. The first kappa shape index (κ1) is 15.2. The quantitative estimate of drug-likeness (QED) is 0.851. The number of fused-ring (bicyclic) bond motifs is 2. The third-order valence-corrected chi connectivity index (χ3v) is 7.09. The lowest BCUT2D eigenvalue weighted by molar-refractivity contribution is -0.137. The van der Waals surface area contributed by atoms with Crippen molar-refractivity contribution in [1.82, 2.24) is 4.31 Å². The predicted molar refractivity (Wildman–Crippen MR) is 75.4 cm³/mol. The van der Waals surface area contributed by atoms with E-state index in [1.54, 1.807) is 11.8 Å². The number of nitrogens with zero attached hydrogens (tertiary/aromatic N) is 1. The van der Waals surface area contributed by atoms with Crippen LogP contribution in [-0.2, 0) is 22.0 Å². The van der Waals surface area contributed by atoms with Crippen molar-refractivity contribution in [2.75, 3.05) is 12.3 Å². The van der Waals surface area contributed by atoms with E-state index >= 15 is 0 Å².